The Balaban J connectivity index is 1.98. The van der Waals surface area contributed by atoms with Gasteiger partial charge in [0.05, 0.1) is 16.3 Å². The Labute approximate surface area is 156 Å². The third kappa shape index (κ3) is 4.38. The second-order valence-corrected chi connectivity index (χ2v) is 5.81. The van der Waals surface area contributed by atoms with E-state index >= 15 is 0 Å². The van der Waals surface area contributed by atoms with Crippen LogP contribution in [-0.4, -0.2) is 10.7 Å². The van der Waals surface area contributed by atoms with Gasteiger partial charge in [0.25, 0.3) is 5.69 Å². The highest BCUT2D eigenvalue weighted by atomic mass is 16.6. The van der Waals surface area contributed by atoms with Crippen LogP contribution in [0.25, 0.3) is 5.70 Å². The smallest absolute Gasteiger partial charge is 0.271 e. The molecule has 0 spiro atoms. The normalized spacial score (nSPS) is 11.0. The van der Waals surface area contributed by atoms with Crippen LogP contribution in [-0.2, 0) is 0 Å². The van der Waals surface area contributed by atoms with Gasteiger partial charge >= 0.3 is 0 Å². The van der Waals surface area contributed by atoms with Gasteiger partial charge in [-0.2, -0.15) is 0 Å². The van der Waals surface area contributed by atoms with Crippen LogP contribution >= 0.6 is 0 Å². The number of nitro benzene ring substituents is 1. The first kappa shape index (κ1) is 17.9. The van der Waals surface area contributed by atoms with E-state index in [1.54, 1.807) is 24.3 Å². The topological polar surface area (TPSA) is 98.3 Å². The van der Waals surface area contributed by atoms with E-state index < -0.39 is 4.92 Å². The number of anilines is 2. The molecule has 3 aromatic rings. The van der Waals surface area contributed by atoms with Crippen LogP contribution in [0.1, 0.15) is 15.9 Å². The maximum absolute atomic E-state index is 12.6. The van der Waals surface area contributed by atoms with Gasteiger partial charge in [-0.05, 0) is 11.6 Å². The highest BCUT2D eigenvalue weighted by molar-refractivity contribution is 6.09. The van der Waals surface area contributed by atoms with Gasteiger partial charge in [-0.25, -0.2) is 0 Å². The maximum Gasteiger partial charge on any atom is 0.271 e. The van der Waals surface area contributed by atoms with Gasteiger partial charge in [0.2, 0.25) is 0 Å². The molecule has 0 aliphatic heterocycles. The zero-order valence-corrected chi connectivity index (χ0v) is 14.3. The summed E-state index contributed by atoms with van der Waals surface area (Å²) >= 11 is 0. The van der Waals surface area contributed by atoms with E-state index in [0.717, 1.165) is 5.56 Å². The molecule has 3 N–H and O–H groups in total. The number of nitrogen functional groups attached to an aromatic ring is 1. The van der Waals surface area contributed by atoms with Crippen molar-refractivity contribution >= 4 is 28.5 Å². The van der Waals surface area contributed by atoms with Crippen molar-refractivity contribution in [2.75, 3.05) is 11.1 Å². The first-order valence-corrected chi connectivity index (χ1v) is 8.22. The Morgan fingerprint density at radius 2 is 1.52 bits per heavy atom. The quantitative estimate of drug-likeness (QED) is 0.222. The predicted octanol–water partition coefficient (Wildman–Crippen LogP) is 4.51. The van der Waals surface area contributed by atoms with Crippen molar-refractivity contribution in [3.63, 3.8) is 0 Å². The summed E-state index contributed by atoms with van der Waals surface area (Å²) in [7, 11) is 0. The Bertz CT molecular complexity index is 1000. The molecule has 27 heavy (non-hydrogen) atoms. The van der Waals surface area contributed by atoms with Crippen LogP contribution in [0.2, 0.25) is 0 Å². The number of nitrogens with one attached hydrogen (secondary N) is 1. The third-order valence-electron chi connectivity index (χ3n) is 3.93. The molecule has 0 heterocycles. The molecule has 0 aromatic heterocycles. The van der Waals surface area contributed by atoms with Crippen LogP contribution in [0, 0.1) is 10.1 Å². The van der Waals surface area contributed by atoms with E-state index in [4.69, 9.17) is 5.73 Å². The minimum Gasteiger partial charge on any atom is -0.397 e. The van der Waals surface area contributed by atoms with Crippen molar-refractivity contribution in [2.45, 2.75) is 0 Å². The summed E-state index contributed by atoms with van der Waals surface area (Å²) in [6, 6.07) is 22.4. The molecule has 0 atom stereocenters. The number of nitro groups is 1. The zero-order chi connectivity index (χ0) is 19.2. The van der Waals surface area contributed by atoms with E-state index in [0.29, 0.717) is 16.9 Å². The minimum atomic E-state index is -0.507. The van der Waals surface area contributed by atoms with Gasteiger partial charge in [-0.1, -0.05) is 60.7 Å². The number of carbonyl (C=O) groups is 1. The SMILES string of the molecule is Nc1cc([N+](=O)[O-])ccc1N/C(=C/C(=O)c1ccccc1)c1ccccc1. The first-order chi connectivity index (χ1) is 13.0. The fraction of sp³-hybridized carbons (Fsp3) is 0. The van der Waals surface area contributed by atoms with Gasteiger partial charge < -0.3 is 11.1 Å². The number of benzene rings is 3. The van der Waals surface area contributed by atoms with Gasteiger partial charge in [0.15, 0.2) is 5.78 Å². The minimum absolute atomic E-state index is 0.0938. The molecule has 3 rings (SSSR count). The fourth-order valence-corrected chi connectivity index (χ4v) is 2.55. The summed E-state index contributed by atoms with van der Waals surface area (Å²) in [5.74, 6) is -0.164. The molecule has 0 amide bonds. The average molecular weight is 359 g/mol. The molecular weight excluding hydrogens is 342 g/mol. The second-order valence-electron chi connectivity index (χ2n) is 5.81. The van der Waals surface area contributed by atoms with Crippen molar-refractivity contribution in [1.82, 2.24) is 0 Å². The monoisotopic (exact) mass is 359 g/mol. The molecule has 0 radical (unpaired) electrons. The molecule has 0 bridgehead atoms. The highest BCUT2D eigenvalue weighted by Gasteiger charge is 2.12. The lowest BCUT2D eigenvalue weighted by atomic mass is 10.1. The molecule has 0 aliphatic rings. The van der Waals surface area contributed by atoms with Crippen molar-refractivity contribution in [2.24, 2.45) is 0 Å². The number of hydrogen-bond acceptors (Lipinski definition) is 5. The van der Waals surface area contributed by atoms with E-state index in [1.807, 2.05) is 36.4 Å². The van der Waals surface area contributed by atoms with Crippen molar-refractivity contribution in [3.05, 3.63) is 106 Å². The molecule has 0 aliphatic carbocycles. The lowest BCUT2D eigenvalue weighted by Crippen LogP contribution is -2.05. The third-order valence-corrected chi connectivity index (χ3v) is 3.93. The number of hydrogen-bond donors (Lipinski definition) is 2. The van der Waals surface area contributed by atoms with E-state index in [1.165, 1.54) is 24.3 Å². The predicted molar refractivity (Wildman–Crippen MR) is 106 cm³/mol. The summed E-state index contributed by atoms with van der Waals surface area (Å²) in [4.78, 5) is 23.0. The molecule has 0 unspecified atom stereocenters. The largest absolute Gasteiger partial charge is 0.397 e. The molecule has 6 heteroatoms. The van der Waals surface area contributed by atoms with Crippen LogP contribution in [0.5, 0.6) is 0 Å². The Hall–Kier alpha value is -3.93. The second kappa shape index (κ2) is 7.97. The zero-order valence-electron chi connectivity index (χ0n) is 14.3. The Kier molecular flexibility index (Phi) is 5.28. The highest BCUT2D eigenvalue weighted by Crippen LogP contribution is 2.28. The molecule has 134 valence electrons. The Morgan fingerprint density at radius 3 is 2.07 bits per heavy atom. The number of allylic oxidation sites excluding steroid dienone is 1. The maximum atomic E-state index is 12.6. The van der Waals surface area contributed by atoms with Crippen LogP contribution in [0.15, 0.2) is 84.9 Å². The number of ketones is 1. The number of carbonyl (C=O) groups excluding carboxylic acids is 1. The van der Waals surface area contributed by atoms with Crippen molar-refractivity contribution in [3.8, 4) is 0 Å². The molecule has 3 aromatic carbocycles. The van der Waals surface area contributed by atoms with Gasteiger partial charge in [-0.15, -0.1) is 0 Å². The summed E-state index contributed by atoms with van der Waals surface area (Å²) in [5.41, 5.74) is 8.46. The van der Waals surface area contributed by atoms with E-state index in [2.05, 4.69) is 5.32 Å². The lowest BCUT2D eigenvalue weighted by molar-refractivity contribution is -0.384. The number of nitrogens with zero attached hydrogens (tertiary/aromatic N) is 1. The Morgan fingerprint density at radius 1 is 0.926 bits per heavy atom. The molecule has 0 saturated carbocycles. The first-order valence-electron chi connectivity index (χ1n) is 8.22. The summed E-state index contributed by atoms with van der Waals surface area (Å²) in [6.45, 7) is 0. The summed E-state index contributed by atoms with van der Waals surface area (Å²) in [6.07, 6.45) is 1.49. The average Bonchev–Trinajstić information content (AvgIpc) is 2.70. The summed E-state index contributed by atoms with van der Waals surface area (Å²) in [5, 5.41) is 14.0. The number of non-ortho nitro benzene ring substituents is 1. The summed E-state index contributed by atoms with van der Waals surface area (Å²) < 4.78 is 0. The molecule has 6 nitrogen and oxygen atoms in total. The van der Waals surface area contributed by atoms with Crippen LogP contribution in [0.3, 0.4) is 0 Å². The van der Waals surface area contributed by atoms with Crippen LogP contribution in [0.4, 0.5) is 17.1 Å². The van der Waals surface area contributed by atoms with Crippen LogP contribution < -0.4 is 11.1 Å². The van der Waals surface area contributed by atoms with Gasteiger partial charge in [-0.3, -0.25) is 14.9 Å². The van der Waals surface area contributed by atoms with E-state index in [-0.39, 0.29) is 17.2 Å². The van der Waals surface area contributed by atoms with Crippen molar-refractivity contribution < 1.29 is 9.72 Å². The van der Waals surface area contributed by atoms with E-state index in [9.17, 15) is 14.9 Å². The molecular formula is C21H17N3O3. The lowest BCUT2D eigenvalue weighted by Gasteiger charge is -2.13. The molecule has 0 saturated heterocycles. The number of rotatable bonds is 6. The van der Waals surface area contributed by atoms with Crippen molar-refractivity contribution in [1.29, 1.82) is 0 Å². The number of nitrogens with two attached hydrogens (primary N) is 1. The van der Waals surface area contributed by atoms with Gasteiger partial charge in [0, 0.05) is 29.5 Å². The fourth-order valence-electron chi connectivity index (χ4n) is 2.55. The standard InChI is InChI=1S/C21H17N3O3/c22-18-13-17(24(26)27)11-12-19(18)23-20(15-7-3-1-4-8-15)14-21(25)16-9-5-2-6-10-16/h1-14,23H,22H2/b20-14+. The molecule has 0 fully saturated rings. The van der Waals surface area contributed by atoms with Gasteiger partial charge in [0.1, 0.15) is 0 Å².